The summed E-state index contributed by atoms with van der Waals surface area (Å²) in [4.78, 5) is 4.54. The zero-order chi connectivity index (χ0) is 14.9. The van der Waals surface area contributed by atoms with E-state index in [1.54, 1.807) is 4.68 Å². The number of fused-ring (bicyclic) bond motifs is 1. The summed E-state index contributed by atoms with van der Waals surface area (Å²) in [5, 5.41) is 4.43. The molecule has 20 heavy (non-hydrogen) atoms. The molecular formula is C12H19ClN4O2S. The van der Waals surface area contributed by atoms with Gasteiger partial charge in [0.1, 0.15) is 21.2 Å². The Hall–Kier alpha value is -1.08. The van der Waals surface area contributed by atoms with Gasteiger partial charge in [-0.3, -0.25) is 4.68 Å². The fourth-order valence-corrected chi connectivity index (χ4v) is 3.20. The normalized spacial score (nSPS) is 12.4. The maximum absolute atomic E-state index is 11.2. The maximum Gasteiger partial charge on any atom is 0.158 e. The number of hydrogen-bond donors (Lipinski definition) is 0. The number of aromatic nitrogens is 4. The predicted molar refractivity (Wildman–Crippen MR) is 79.8 cm³/mol. The van der Waals surface area contributed by atoms with Crippen LogP contribution in [0.25, 0.3) is 11.2 Å². The highest BCUT2D eigenvalue weighted by Crippen LogP contribution is 2.21. The van der Waals surface area contributed by atoms with Gasteiger partial charge in [0.05, 0.1) is 17.3 Å². The second kappa shape index (κ2) is 5.73. The summed E-state index contributed by atoms with van der Waals surface area (Å²) in [7, 11) is -1.08. The van der Waals surface area contributed by atoms with Gasteiger partial charge >= 0.3 is 0 Å². The third kappa shape index (κ3) is 2.98. The Bertz CT molecular complexity index is 717. The number of aryl methyl sites for hydroxylation is 3. The Morgan fingerprint density at radius 2 is 2.05 bits per heavy atom. The second-order valence-corrected chi connectivity index (χ2v) is 7.42. The van der Waals surface area contributed by atoms with E-state index >= 15 is 0 Å². The number of sulfone groups is 1. The molecule has 0 amide bonds. The Morgan fingerprint density at radius 1 is 1.35 bits per heavy atom. The molecule has 0 unspecified atom stereocenters. The molecule has 0 saturated heterocycles. The minimum absolute atomic E-state index is 0.160. The van der Waals surface area contributed by atoms with Crippen LogP contribution in [0.1, 0.15) is 24.9 Å². The van der Waals surface area contributed by atoms with Crippen LogP contribution in [0.15, 0.2) is 0 Å². The van der Waals surface area contributed by atoms with Crippen LogP contribution in [0, 0.1) is 0 Å². The average molecular weight is 319 g/mol. The zero-order valence-electron chi connectivity index (χ0n) is 11.9. The van der Waals surface area contributed by atoms with Crippen LogP contribution in [0.5, 0.6) is 0 Å². The van der Waals surface area contributed by atoms with E-state index in [2.05, 4.69) is 10.1 Å². The van der Waals surface area contributed by atoms with E-state index in [0.717, 1.165) is 29.1 Å². The van der Waals surface area contributed by atoms with Crippen molar-refractivity contribution in [2.75, 3.05) is 12.0 Å². The first-order valence-electron chi connectivity index (χ1n) is 6.52. The fourth-order valence-electron chi connectivity index (χ4n) is 2.35. The summed E-state index contributed by atoms with van der Waals surface area (Å²) in [5.41, 5.74) is 2.71. The topological polar surface area (TPSA) is 69.8 Å². The molecule has 2 heterocycles. The molecule has 0 atom stereocenters. The minimum Gasteiger partial charge on any atom is -0.312 e. The smallest absolute Gasteiger partial charge is 0.158 e. The van der Waals surface area contributed by atoms with Crippen LogP contribution in [-0.4, -0.2) is 39.8 Å². The standard InChI is InChI=1S/C12H19ClN4O2S/c1-4-9-11-12(16(2)15-9)17(10(8-13)14-11)6-5-7-20(3,18)19/h4-8H2,1-3H3. The van der Waals surface area contributed by atoms with E-state index in [1.807, 2.05) is 18.5 Å². The van der Waals surface area contributed by atoms with Gasteiger partial charge < -0.3 is 4.57 Å². The molecule has 0 fully saturated rings. The van der Waals surface area contributed by atoms with Gasteiger partial charge in [0.2, 0.25) is 0 Å². The van der Waals surface area contributed by atoms with Crippen LogP contribution < -0.4 is 0 Å². The molecule has 112 valence electrons. The van der Waals surface area contributed by atoms with Crippen molar-refractivity contribution in [1.82, 2.24) is 19.3 Å². The highest BCUT2D eigenvalue weighted by atomic mass is 35.5. The first kappa shape index (κ1) is 15.3. The number of imidazole rings is 1. The molecule has 0 radical (unpaired) electrons. The lowest BCUT2D eigenvalue weighted by Gasteiger charge is -2.07. The molecule has 0 aliphatic carbocycles. The van der Waals surface area contributed by atoms with Crippen molar-refractivity contribution >= 4 is 32.6 Å². The van der Waals surface area contributed by atoms with Gasteiger partial charge in [0, 0.05) is 19.8 Å². The van der Waals surface area contributed by atoms with Crippen LogP contribution in [0.4, 0.5) is 0 Å². The lowest BCUT2D eigenvalue weighted by atomic mass is 10.3. The minimum atomic E-state index is -2.95. The summed E-state index contributed by atoms with van der Waals surface area (Å²) in [6, 6.07) is 0. The van der Waals surface area contributed by atoms with Gasteiger partial charge in [-0.25, -0.2) is 13.4 Å². The van der Waals surface area contributed by atoms with Gasteiger partial charge in [-0.2, -0.15) is 5.10 Å². The molecule has 0 aromatic carbocycles. The van der Waals surface area contributed by atoms with E-state index in [-0.39, 0.29) is 5.75 Å². The van der Waals surface area contributed by atoms with Gasteiger partial charge in [-0.05, 0) is 12.8 Å². The van der Waals surface area contributed by atoms with Crippen molar-refractivity contribution in [3.8, 4) is 0 Å². The monoisotopic (exact) mass is 318 g/mol. The largest absolute Gasteiger partial charge is 0.312 e. The van der Waals surface area contributed by atoms with Gasteiger partial charge in [0.15, 0.2) is 5.65 Å². The van der Waals surface area contributed by atoms with Crippen molar-refractivity contribution in [1.29, 1.82) is 0 Å². The molecule has 2 aromatic rings. The van der Waals surface area contributed by atoms with E-state index in [0.29, 0.717) is 18.8 Å². The highest BCUT2D eigenvalue weighted by Gasteiger charge is 2.18. The number of halogens is 1. The first-order chi connectivity index (χ1) is 9.37. The van der Waals surface area contributed by atoms with Crippen molar-refractivity contribution in [3.63, 3.8) is 0 Å². The van der Waals surface area contributed by atoms with E-state index in [1.165, 1.54) is 6.26 Å². The lowest BCUT2D eigenvalue weighted by Crippen LogP contribution is -2.11. The molecule has 0 saturated carbocycles. The number of hydrogen-bond acceptors (Lipinski definition) is 4. The summed E-state index contributed by atoms with van der Waals surface area (Å²) in [6.07, 6.45) is 2.60. The highest BCUT2D eigenvalue weighted by molar-refractivity contribution is 7.90. The van der Waals surface area contributed by atoms with Crippen LogP contribution in [0.3, 0.4) is 0 Å². The van der Waals surface area contributed by atoms with Crippen molar-refractivity contribution < 1.29 is 8.42 Å². The van der Waals surface area contributed by atoms with E-state index in [4.69, 9.17) is 11.6 Å². The van der Waals surface area contributed by atoms with Crippen LogP contribution in [-0.2, 0) is 35.7 Å². The molecule has 2 aromatic heterocycles. The molecule has 0 spiro atoms. The molecule has 0 bridgehead atoms. The predicted octanol–water partition coefficient (Wildman–Crippen LogP) is 1.51. The van der Waals surface area contributed by atoms with E-state index in [9.17, 15) is 8.42 Å². The van der Waals surface area contributed by atoms with E-state index < -0.39 is 9.84 Å². The third-order valence-electron chi connectivity index (χ3n) is 3.22. The number of nitrogens with zero attached hydrogens (tertiary/aromatic N) is 4. The lowest BCUT2D eigenvalue weighted by molar-refractivity contribution is 0.588. The van der Waals surface area contributed by atoms with Crippen LogP contribution >= 0.6 is 11.6 Å². The molecule has 0 aliphatic rings. The van der Waals surface area contributed by atoms with Crippen molar-refractivity contribution in [3.05, 3.63) is 11.5 Å². The van der Waals surface area contributed by atoms with Crippen LogP contribution in [0.2, 0.25) is 0 Å². The maximum atomic E-state index is 11.2. The molecule has 0 aliphatic heterocycles. The summed E-state index contributed by atoms with van der Waals surface area (Å²) in [6.45, 7) is 2.61. The zero-order valence-corrected chi connectivity index (χ0v) is 13.5. The van der Waals surface area contributed by atoms with Crippen molar-refractivity contribution in [2.24, 2.45) is 7.05 Å². The van der Waals surface area contributed by atoms with Gasteiger partial charge in [0.25, 0.3) is 0 Å². The number of alkyl halides is 1. The van der Waals surface area contributed by atoms with Crippen molar-refractivity contribution in [2.45, 2.75) is 32.2 Å². The summed E-state index contributed by atoms with van der Waals surface area (Å²) >= 11 is 5.95. The fraction of sp³-hybridized carbons (Fsp3) is 0.667. The Balaban J connectivity index is 2.37. The SMILES string of the molecule is CCc1nn(C)c2c1nc(CCl)n2CCCS(C)(=O)=O. The first-order valence-corrected chi connectivity index (χ1v) is 9.11. The molecule has 8 heteroatoms. The summed E-state index contributed by atoms with van der Waals surface area (Å²) < 4.78 is 26.2. The van der Waals surface area contributed by atoms with Gasteiger partial charge in [-0.15, -0.1) is 11.6 Å². The molecular weight excluding hydrogens is 300 g/mol. The Labute approximate surface area is 123 Å². The Morgan fingerprint density at radius 3 is 2.60 bits per heavy atom. The molecule has 6 nitrogen and oxygen atoms in total. The average Bonchev–Trinajstić information content (AvgIpc) is 2.86. The Kier molecular flexibility index (Phi) is 4.39. The summed E-state index contributed by atoms with van der Waals surface area (Å²) in [5.74, 6) is 1.22. The quantitative estimate of drug-likeness (QED) is 0.757. The number of rotatable bonds is 6. The third-order valence-corrected chi connectivity index (χ3v) is 4.49. The molecule has 0 N–H and O–H groups in total. The van der Waals surface area contributed by atoms with Gasteiger partial charge in [-0.1, -0.05) is 6.92 Å². The second-order valence-electron chi connectivity index (χ2n) is 4.89. The molecule has 2 rings (SSSR count).